The maximum Gasteiger partial charge on any atom is 0.261 e. The lowest BCUT2D eigenvalue weighted by Gasteiger charge is -2.03. The summed E-state index contributed by atoms with van der Waals surface area (Å²) in [6.07, 6.45) is 1.74. The Morgan fingerprint density at radius 2 is 1.67 bits per heavy atom. The van der Waals surface area contributed by atoms with Crippen molar-refractivity contribution in [3.8, 4) is 16.9 Å². The van der Waals surface area contributed by atoms with Crippen LogP contribution in [-0.4, -0.2) is 20.7 Å². The first-order valence-corrected chi connectivity index (χ1v) is 10.4. The number of anilines is 1. The van der Waals surface area contributed by atoms with Gasteiger partial charge in [-0.2, -0.15) is 5.10 Å². The number of benzene rings is 3. The fourth-order valence-electron chi connectivity index (χ4n) is 3.16. The Hall–Kier alpha value is -3.48. The molecule has 7 heteroatoms. The van der Waals surface area contributed by atoms with Crippen LogP contribution in [0.15, 0.2) is 85.1 Å². The normalized spacial score (nSPS) is 11.0. The van der Waals surface area contributed by atoms with E-state index in [1.165, 1.54) is 11.3 Å². The van der Waals surface area contributed by atoms with Crippen molar-refractivity contribution in [2.75, 3.05) is 5.32 Å². The van der Waals surface area contributed by atoms with Crippen LogP contribution in [-0.2, 0) is 0 Å². The minimum atomic E-state index is -0.263. The van der Waals surface area contributed by atoms with E-state index in [-0.39, 0.29) is 5.91 Å². The number of thiazole rings is 1. The Kier molecular flexibility index (Phi) is 4.78. The molecule has 1 amide bonds. The molecule has 0 atom stereocenters. The number of halogens is 1. The van der Waals surface area contributed by atoms with Crippen LogP contribution < -0.4 is 5.32 Å². The lowest BCUT2D eigenvalue weighted by atomic mass is 10.1. The van der Waals surface area contributed by atoms with Crippen molar-refractivity contribution in [3.63, 3.8) is 0 Å². The number of hydrogen-bond donors (Lipinski definition) is 1. The summed E-state index contributed by atoms with van der Waals surface area (Å²) < 4.78 is 2.72. The second-order valence-electron chi connectivity index (χ2n) is 6.62. The predicted octanol–water partition coefficient (Wildman–Crippen LogP) is 6.05. The first-order valence-electron chi connectivity index (χ1n) is 9.25. The highest BCUT2D eigenvalue weighted by atomic mass is 35.5. The summed E-state index contributed by atoms with van der Waals surface area (Å²) >= 11 is 7.48. The number of fused-ring (bicyclic) bond motifs is 1. The minimum Gasteiger partial charge on any atom is -0.298 e. The van der Waals surface area contributed by atoms with Gasteiger partial charge < -0.3 is 0 Å². The molecule has 0 aliphatic heterocycles. The van der Waals surface area contributed by atoms with Gasteiger partial charge in [0.25, 0.3) is 5.91 Å². The van der Waals surface area contributed by atoms with Gasteiger partial charge in [0.1, 0.15) is 5.69 Å². The van der Waals surface area contributed by atoms with Crippen molar-refractivity contribution in [2.45, 2.75) is 0 Å². The zero-order valence-electron chi connectivity index (χ0n) is 15.6. The SMILES string of the molecule is O=C(Nc1nc2ccccc2s1)c1cn(-c2ccccc2)nc1-c1ccc(Cl)cc1. The summed E-state index contributed by atoms with van der Waals surface area (Å²) in [5, 5.41) is 8.78. The van der Waals surface area contributed by atoms with Gasteiger partial charge in [0.05, 0.1) is 21.5 Å². The average molecular weight is 431 g/mol. The monoisotopic (exact) mass is 430 g/mol. The van der Waals surface area contributed by atoms with Crippen LogP contribution in [0.2, 0.25) is 5.02 Å². The molecule has 0 saturated heterocycles. The lowest BCUT2D eigenvalue weighted by Crippen LogP contribution is -2.12. The molecule has 0 bridgehead atoms. The maximum atomic E-state index is 13.2. The quantitative estimate of drug-likeness (QED) is 0.377. The Balaban J connectivity index is 1.55. The predicted molar refractivity (Wildman–Crippen MR) is 122 cm³/mol. The van der Waals surface area contributed by atoms with Crippen molar-refractivity contribution in [1.82, 2.24) is 14.8 Å². The highest BCUT2D eigenvalue weighted by Crippen LogP contribution is 2.29. The van der Waals surface area contributed by atoms with Crippen LogP contribution >= 0.6 is 22.9 Å². The molecule has 0 fully saturated rings. The van der Waals surface area contributed by atoms with Gasteiger partial charge in [-0.3, -0.25) is 10.1 Å². The molecule has 2 aromatic heterocycles. The largest absolute Gasteiger partial charge is 0.298 e. The van der Waals surface area contributed by atoms with Gasteiger partial charge in [-0.15, -0.1) is 0 Å². The Bertz CT molecular complexity index is 1310. The van der Waals surface area contributed by atoms with E-state index < -0.39 is 0 Å². The van der Waals surface area contributed by atoms with Crippen LogP contribution in [0.4, 0.5) is 5.13 Å². The molecule has 1 N–H and O–H groups in total. The Morgan fingerprint density at radius 1 is 0.933 bits per heavy atom. The number of carbonyl (C=O) groups is 1. The van der Waals surface area contributed by atoms with E-state index in [0.717, 1.165) is 21.5 Å². The smallest absolute Gasteiger partial charge is 0.261 e. The van der Waals surface area contributed by atoms with E-state index >= 15 is 0 Å². The number of hydrogen-bond acceptors (Lipinski definition) is 4. The summed E-state index contributed by atoms with van der Waals surface area (Å²) in [5.74, 6) is -0.263. The minimum absolute atomic E-state index is 0.263. The maximum absolute atomic E-state index is 13.2. The van der Waals surface area contributed by atoms with Gasteiger partial charge in [0, 0.05) is 16.8 Å². The highest BCUT2D eigenvalue weighted by molar-refractivity contribution is 7.22. The summed E-state index contributed by atoms with van der Waals surface area (Å²) in [7, 11) is 0. The molecule has 2 heterocycles. The lowest BCUT2D eigenvalue weighted by molar-refractivity contribution is 0.102. The summed E-state index contributed by atoms with van der Waals surface area (Å²) in [5.41, 5.74) is 3.57. The van der Waals surface area contributed by atoms with E-state index in [1.54, 1.807) is 23.0 Å². The third-order valence-electron chi connectivity index (χ3n) is 4.61. The molecule has 5 rings (SSSR count). The molecule has 0 radical (unpaired) electrons. The van der Waals surface area contributed by atoms with Gasteiger partial charge in [0.15, 0.2) is 5.13 Å². The molecular formula is C23H15ClN4OS. The van der Waals surface area contributed by atoms with E-state index in [9.17, 15) is 4.79 Å². The van der Waals surface area contributed by atoms with E-state index in [2.05, 4.69) is 15.4 Å². The van der Waals surface area contributed by atoms with Crippen LogP contribution in [0.1, 0.15) is 10.4 Å². The van der Waals surface area contributed by atoms with E-state index in [4.69, 9.17) is 11.6 Å². The second-order valence-corrected chi connectivity index (χ2v) is 8.09. The van der Waals surface area contributed by atoms with Gasteiger partial charge in [0.2, 0.25) is 0 Å². The number of rotatable bonds is 4. The first-order chi connectivity index (χ1) is 14.7. The Labute approximate surface area is 181 Å². The van der Waals surface area contributed by atoms with Crippen molar-refractivity contribution in [2.24, 2.45) is 0 Å². The number of para-hydroxylation sites is 2. The van der Waals surface area contributed by atoms with Gasteiger partial charge in [-0.25, -0.2) is 9.67 Å². The van der Waals surface area contributed by atoms with Gasteiger partial charge >= 0.3 is 0 Å². The molecule has 146 valence electrons. The summed E-state index contributed by atoms with van der Waals surface area (Å²) in [6.45, 7) is 0. The van der Waals surface area contributed by atoms with Crippen molar-refractivity contribution in [1.29, 1.82) is 0 Å². The number of nitrogens with one attached hydrogen (secondary N) is 1. The van der Waals surface area contributed by atoms with Crippen LogP contribution in [0.25, 0.3) is 27.2 Å². The fraction of sp³-hybridized carbons (Fsp3) is 0. The molecule has 0 aliphatic rings. The molecule has 0 spiro atoms. The number of carbonyl (C=O) groups excluding carboxylic acids is 1. The molecule has 0 aliphatic carbocycles. The average Bonchev–Trinajstić information content (AvgIpc) is 3.39. The number of amides is 1. The van der Waals surface area contributed by atoms with E-state index in [0.29, 0.717) is 21.4 Å². The molecule has 5 aromatic rings. The fourth-order valence-corrected chi connectivity index (χ4v) is 4.15. The first kappa shape index (κ1) is 18.5. The van der Waals surface area contributed by atoms with Crippen LogP contribution in [0.3, 0.4) is 0 Å². The van der Waals surface area contributed by atoms with Gasteiger partial charge in [-0.05, 0) is 36.4 Å². The van der Waals surface area contributed by atoms with E-state index in [1.807, 2.05) is 66.7 Å². The molecular weight excluding hydrogens is 416 g/mol. The number of nitrogens with zero attached hydrogens (tertiary/aromatic N) is 3. The molecule has 30 heavy (non-hydrogen) atoms. The van der Waals surface area contributed by atoms with Crippen molar-refractivity contribution < 1.29 is 4.79 Å². The third-order valence-corrected chi connectivity index (χ3v) is 5.82. The third kappa shape index (κ3) is 3.58. The zero-order chi connectivity index (χ0) is 20.5. The van der Waals surface area contributed by atoms with Crippen LogP contribution in [0, 0.1) is 0 Å². The zero-order valence-corrected chi connectivity index (χ0v) is 17.2. The highest BCUT2D eigenvalue weighted by Gasteiger charge is 2.20. The van der Waals surface area contributed by atoms with Gasteiger partial charge in [-0.1, -0.05) is 65.4 Å². The van der Waals surface area contributed by atoms with Crippen molar-refractivity contribution in [3.05, 3.63) is 95.6 Å². The topological polar surface area (TPSA) is 59.8 Å². The summed E-state index contributed by atoms with van der Waals surface area (Å²) in [6, 6.07) is 24.7. The molecule has 5 nitrogen and oxygen atoms in total. The standard InChI is InChI=1S/C23H15ClN4OS/c24-16-12-10-15(11-13-16)21-18(14-28(27-21)17-6-2-1-3-7-17)22(29)26-23-25-19-8-4-5-9-20(19)30-23/h1-14H,(H,25,26,29). The Morgan fingerprint density at radius 3 is 2.43 bits per heavy atom. The summed E-state index contributed by atoms with van der Waals surface area (Å²) in [4.78, 5) is 17.7. The van der Waals surface area contributed by atoms with Crippen molar-refractivity contribution >= 4 is 44.2 Å². The molecule has 3 aromatic carbocycles. The molecule has 0 unspecified atom stereocenters. The molecule has 0 saturated carbocycles. The van der Waals surface area contributed by atoms with Crippen LogP contribution in [0.5, 0.6) is 0 Å². The second kappa shape index (κ2) is 7.74. The number of aromatic nitrogens is 3.